The molecule has 3 aromatic heterocycles. The van der Waals surface area contributed by atoms with Gasteiger partial charge in [-0.15, -0.1) is 0 Å². The van der Waals surface area contributed by atoms with Gasteiger partial charge in [-0.3, -0.25) is 4.98 Å². The molecular formula is C23H17ClN4O5S. The molecule has 0 aliphatic carbocycles. The molecule has 0 fully saturated rings. The van der Waals surface area contributed by atoms with Gasteiger partial charge in [0.1, 0.15) is 4.90 Å². The third kappa shape index (κ3) is 3.30. The van der Waals surface area contributed by atoms with Crippen molar-refractivity contribution in [2.75, 3.05) is 14.2 Å². The van der Waals surface area contributed by atoms with Crippen molar-refractivity contribution in [2.45, 2.75) is 4.90 Å². The van der Waals surface area contributed by atoms with Gasteiger partial charge in [0.15, 0.2) is 0 Å². The van der Waals surface area contributed by atoms with Crippen molar-refractivity contribution in [3.05, 3.63) is 65.9 Å². The molecular weight excluding hydrogens is 480 g/mol. The number of rotatable bonds is 5. The van der Waals surface area contributed by atoms with E-state index in [2.05, 4.69) is 15.0 Å². The molecule has 9 nitrogen and oxygen atoms in total. The number of fused-ring (bicyclic) bond motifs is 2. The highest BCUT2D eigenvalue weighted by molar-refractivity contribution is 7.90. The number of nitrogens with zero attached hydrogens (tertiary/aromatic N) is 4. The monoisotopic (exact) mass is 496 g/mol. The number of methoxy groups -OCH3 is 2. The highest BCUT2D eigenvalue weighted by atomic mass is 35.5. The minimum absolute atomic E-state index is 0.0521. The van der Waals surface area contributed by atoms with Crippen LogP contribution in [0.15, 0.2) is 65.8 Å². The van der Waals surface area contributed by atoms with Crippen LogP contribution < -0.4 is 9.47 Å². The van der Waals surface area contributed by atoms with Gasteiger partial charge in [0.25, 0.3) is 10.0 Å². The number of halogens is 1. The Bertz CT molecular complexity index is 1680. The first-order chi connectivity index (χ1) is 16.4. The second-order valence-corrected chi connectivity index (χ2v) is 9.43. The van der Waals surface area contributed by atoms with E-state index in [-0.39, 0.29) is 38.9 Å². The predicted octanol–water partition coefficient (Wildman–Crippen LogP) is 4.26. The molecule has 172 valence electrons. The lowest BCUT2D eigenvalue weighted by molar-refractivity contribution is 0.353. The molecule has 0 aliphatic heterocycles. The van der Waals surface area contributed by atoms with Crippen LogP contribution in [0.5, 0.6) is 17.8 Å². The van der Waals surface area contributed by atoms with E-state index in [1.165, 1.54) is 38.7 Å². The summed E-state index contributed by atoms with van der Waals surface area (Å²) in [6.45, 7) is 0. The van der Waals surface area contributed by atoms with Crippen molar-refractivity contribution >= 4 is 43.4 Å². The summed E-state index contributed by atoms with van der Waals surface area (Å²) in [6, 6.07) is 13.0. The maximum atomic E-state index is 13.9. The smallest absolute Gasteiger partial charge is 0.319 e. The average Bonchev–Trinajstić information content (AvgIpc) is 3.14. The first kappa shape index (κ1) is 21.9. The molecule has 0 spiro atoms. The topological polar surface area (TPSA) is 116 Å². The summed E-state index contributed by atoms with van der Waals surface area (Å²) < 4.78 is 39.1. The van der Waals surface area contributed by atoms with E-state index in [1.807, 2.05) is 0 Å². The van der Waals surface area contributed by atoms with Crippen LogP contribution in [0, 0.1) is 0 Å². The fourth-order valence-corrected chi connectivity index (χ4v) is 5.66. The molecule has 0 unspecified atom stereocenters. The maximum Gasteiger partial charge on any atom is 0.319 e. The van der Waals surface area contributed by atoms with E-state index in [0.717, 1.165) is 3.97 Å². The van der Waals surface area contributed by atoms with Crippen LogP contribution in [0.3, 0.4) is 0 Å². The molecule has 0 aliphatic rings. The molecule has 3 heterocycles. The van der Waals surface area contributed by atoms with Crippen molar-refractivity contribution in [1.29, 1.82) is 0 Å². The molecule has 1 N–H and O–H groups in total. The maximum absolute atomic E-state index is 13.9. The number of hydrogen-bond acceptors (Lipinski definition) is 8. The van der Waals surface area contributed by atoms with Gasteiger partial charge in [0, 0.05) is 28.2 Å². The fraction of sp³-hybridized carbons (Fsp3) is 0.0870. The van der Waals surface area contributed by atoms with Crippen LogP contribution in [-0.4, -0.2) is 46.7 Å². The zero-order valence-corrected chi connectivity index (χ0v) is 19.5. The van der Waals surface area contributed by atoms with Gasteiger partial charge in [0.2, 0.25) is 11.8 Å². The van der Waals surface area contributed by atoms with Gasteiger partial charge in [-0.2, -0.15) is 4.98 Å². The normalized spacial score (nSPS) is 11.7. The lowest BCUT2D eigenvalue weighted by Gasteiger charge is -2.11. The molecule has 0 atom stereocenters. The number of benzene rings is 2. The first-order valence-corrected chi connectivity index (χ1v) is 11.8. The Balaban J connectivity index is 1.87. The summed E-state index contributed by atoms with van der Waals surface area (Å²) in [5.74, 6) is -0.456. The Labute approximate surface area is 199 Å². The highest BCUT2D eigenvalue weighted by Gasteiger charge is 2.31. The quantitative estimate of drug-likeness (QED) is 0.383. The minimum atomic E-state index is -4.30. The van der Waals surface area contributed by atoms with Crippen LogP contribution in [0.2, 0.25) is 5.02 Å². The summed E-state index contributed by atoms with van der Waals surface area (Å²) in [7, 11) is -1.50. The molecule has 0 saturated heterocycles. The van der Waals surface area contributed by atoms with E-state index in [0.29, 0.717) is 15.8 Å². The second kappa shape index (κ2) is 8.15. The Hall–Kier alpha value is -3.89. The lowest BCUT2D eigenvalue weighted by Crippen LogP contribution is -2.13. The van der Waals surface area contributed by atoms with Crippen molar-refractivity contribution in [2.24, 2.45) is 0 Å². The number of pyridine rings is 1. The van der Waals surface area contributed by atoms with E-state index >= 15 is 0 Å². The summed E-state index contributed by atoms with van der Waals surface area (Å²) in [4.78, 5) is 12.5. The largest absolute Gasteiger partial charge is 0.493 e. The van der Waals surface area contributed by atoms with E-state index in [9.17, 15) is 13.5 Å². The predicted molar refractivity (Wildman–Crippen MR) is 127 cm³/mol. The van der Waals surface area contributed by atoms with E-state index in [1.54, 1.807) is 36.4 Å². The van der Waals surface area contributed by atoms with Gasteiger partial charge >= 0.3 is 6.01 Å². The summed E-state index contributed by atoms with van der Waals surface area (Å²) in [5.41, 5.74) is 0.904. The zero-order valence-electron chi connectivity index (χ0n) is 17.9. The number of hydrogen-bond donors (Lipinski definition) is 1. The molecule has 0 saturated carbocycles. The Morgan fingerprint density at radius 2 is 1.82 bits per heavy atom. The lowest BCUT2D eigenvalue weighted by atomic mass is 10.1. The molecule has 0 amide bonds. The average molecular weight is 497 g/mol. The standard InChI is InChI=1S/C23H17ClN4O5S/c1-32-21-16(12-26-23(27-21)33-2)19-15-11-14(24)8-9-17(15)28(22(19)29)34(30,31)18-7-3-5-13-6-4-10-25-20(13)18/h3-12,29H,1-2H3. The number of aromatic nitrogens is 4. The molecule has 5 rings (SSSR count). The molecule has 11 heteroatoms. The SMILES string of the molecule is COc1ncc(-c2c(O)n(S(=O)(=O)c3cccc4cccnc34)c3ccc(Cl)cc23)c(OC)n1. The number of ether oxygens (including phenoxy) is 2. The van der Waals surface area contributed by atoms with Gasteiger partial charge in [-0.1, -0.05) is 29.8 Å². The first-order valence-electron chi connectivity index (χ1n) is 9.94. The van der Waals surface area contributed by atoms with E-state index in [4.69, 9.17) is 21.1 Å². The molecule has 34 heavy (non-hydrogen) atoms. The van der Waals surface area contributed by atoms with Crippen molar-refractivity contribution in [3.63, 3.8) is 0 Å². The Morgan fingerprint density at radius 3 is 2.59 bits per heavy atom. The van der Waals surface area contributed by atoms with Crippen LogP contribution in [0.4, 0.5) is 0 Å². The van der Waals surface area contributed by atoms with Crippen LogP contribution in [-0.2, 0) is 10.0 Å². The number of para-hydroxylation sites is 1. The van der Waals surface area contributed by atoms with Crippen molar-refractivity contribution in [1.82, 2.24) is 18.9 Å². The third-order valence-electron chi connectivity index (χ3n) is 5.35. The van der Waals surface area contributed by atoms with Gasteiger partial charge in [-0.05, 0) is 30.3 Å². The summed E-state index contributed by atoms with van der Waals surface area (Å²) >= 11 is 6.24. The highest BCUT2D eigenvalue weighted by Crippen LogP contribution is 2.45. The zero-order chi connectivity index (χ0) is 24.0. The van der Waals surface area contributed by atoms with Gasteiger partial charge < -0.3 is 14.6 Å². The molecule has 0 radical (unpaired) electrons. The van der Waals surface area contributed by atoms with Gasteiger partial charge in [-0.25, -0.2) is 17.4 Å². The Morgan fingerprint density at radius 1 is 1.03 bits per heavy atom. The van der Waals surface area contributed by atoms with Crippen molar-refractivity contribution < 1.29 is 23.0 Å². The minimum Gasteiger partial charge on any atom is -0.493 e. The Kier molecular flexibility index (Phi) is 5.26. The van der Waals surface area contributed by atoms with Crippen LogP contribution >= 0.6 is 11.6 Å². The third-order valence-corrected chi connectivity index (χ3v) is 7.32. The van der Waals surface area contributed by atoms with E-state index < -0.39 is 15.9 Å². The van der Waals surface area contributed by atoms with Crippen LogP contribution in [0.1, 0.15) is 0 Å². The van der Waals surface area contributed by atoms with Crippen molar-refractivity contribution in [3.8, 4) is 28.9 Å². The van der Waals surface area contributed by atoms with Gasteiger partial charge in [0.05, 0.1) is 36.4 Å². The summed E-state index contributed by atoms with van der Waals surface area (Å²) in [6.07, 6.45) is 2.90. The van der Waals surface area contributed by atoms with Crippen LogP contribution in [0.25, 0.3) is 32.9 Å². The molecule has 0 bridgehead atoms. The summed E-state index contributed by atoms with van der Waals surface area (Å²) in [5, 5.41) is 12.7. The number of aromatic hydroxyl groups is 1. The molecule has 5 aromatic rings. The fourth-order valence-electron chi connectivity index (χ4n) is 3.89. The molecule has 2 aromatic carbocycles. The second-order valence-electron chi connectivity index (χ2n) is 7.24.